The van der Waals surface area contributed by atoms with Gasteiger partial charge < -0.3 is 19.5 Å². The van der Waals surface area contributed by atoms with Crippen molar-refractivity contribution in [1.29, 1.82) is 0 Å². The van der Waals surface area contributed by atoms with E-state index in [1.54, 1.807) is 7.11 Å². The van der Waals surface area contributed by atoms with E-state index >= 15 is 0 Å². The number of carboxylic acid groups (broad SMARTS) is 1. The standard InChI is InChI=1S/C36H43N3O4/c1-23-9-7-12-29(31-13-8-14-33(37-31)39-19-27-17-36(27,35(40)41)32(39)22-42-3)34(23)43-21-25-15-24(2)30-20-38(18-26(30)16-25)28-10-5-4-6-11-28/h7-9,12-16,27-28,32H,4-6,10-11,17-22H2,1-3H3,(H,40,41)/t27-,32+,36+/m0/s1. The van der Waals surface area contributed by atoms with Gasteiger partial charge in [0.1, 0.15) is 18.2 Å². The number of ether oxygens (including phenoxy) is 2. The van der Waals surface area contributed by atoms with Gasteiger partial charge in [0.2, 0.25) is 0 Å². The van der Waals surface area contributed by atoms with Gasteiger partial charge in [-0.15, -0.1) is 0 Å². The number of aromatic nitrogens is 1. The van der Waals surface area contributed by atoms with Crippen molar-refractivity contribution < 1.29 is 19.4 Å². The largest absolute Gasteiger partial charge is 0.488 e. The lowest BCUT2D eigenvalue weighted by molar-refractivity contribution is -0.144. The molecule has 7 nitrogen and oxygen atoms in total. The van der Waals surface area contributed by atoms with Crippen molar-refractivity contribution in [3.05, 3.63) is 76.3 Å². The zero-order valence-corrected chi connectivity index (χ0v) is 25.6. The number of carbonyl (C=O) groups is 1. The Bertz CT molecular complexity index is 1530. The third-order valence-electron chi connectivity index (χ3n) is 10.6. The number of carboxylic acids is 1. The first-order valence-corrected chi connectivity index (χ1v) is 15.9. The van der Waals surface area contributed by atoms with Gasteiger partial charge in [-0.1, -0.05) is 49.6 Å². The fourth-order valence-electron chi connectivity index (χ4n) is 8.22. The molecule has 2 aromatic carbocycles. The summed E-state index contributed by atoms with van der Waals surface area (Å²) in [7, 11) is 1.64. The molecule has 0 amide bonds. The molecule has 3 heterocycles. The Labute approximate surface area is 254 Å². The second-order valence-corrected chi connectivity index (χ2v) is 13.2. The Hall–Kier alpha value is -3.42. The van der Waals surface area contributed by atoms with Crippen LogP contribution in [0.1, 0.15) is 66.3 Å². The zero-order valence-electron chi connectivity index (χ0n) is 25.6. The van der Waals surface area contributed by atoms with Gasteiger partial charge in [-0.3, -0.25) is 9.69 Å². The van der Waals surface area contributed by atoms with Gasteiger partial charge >= 0.3 is 5.97 Å². The molecule has 1 N–H and O–H groups in total. The van der Waals surface area contributed by atoms with E-state index in [-0.39, 0.29) is 12.0 Å². The van der Waals surface area contributed by atoms with Crippen LogP contribution in [0, 0.1) is 25.2 Å². The van der Waals surface area contributed by atoms with Crippen molar-refractivity contribution >= 4 is 11.8 Å². The van der Waals surface area contributed by atoms with Crippen molar-refractivity contribution in [2.75, 3.05) is 25.2 Å². The molecule has 43 heavy (non-hydrogen) atoms. The van der Waals surface area contributed by atoms with Crippen LogP contribution in [0.5, 0.6) is 5.75 Å². The molecule has 2 saturated carbocycles. The molecule has 1 aromatic heterocycles. The first kappa shape index (κ1) is 28.4. The van der Waals surface area contributed by atoms with Crippen LogP contribution in [0.4, 0.5) is 5.82 Å². The van der Waals surface area contributed by atoms with E-state index in [4.69, 9.17) is 14.5 Å². The number of anilines is 1. The van der Waals surface area contributed by atoms with E-state index < -0.39 is 11.4 Å². The minimum Gasteiger partial charge on any atom is -0.488 e. The molecule has 7 heteroatoms. The lowest BCUT2D eigenvalue weighted by atomic mass is 9.94. The van der Waals surface area contributed by atoms with Crippen LogP contribution < -0.4 is 9.64 Å². The van der Waals surface area contributed by atoms with E-state index in [9.17, 15) is 9.90 Å². The first-order valence-electron chi connectivity index (χ1n) is 15.9. The molecule has 2 aliphatic heterocycles. The third-order valence-corrected chi connectivity index (χ3v) is 10.6. The third kappa shape index (κ3) is 5.00. The maximum atomic E-state index is 12.2. The Morgan fingerprint density at radius 1 is 1.05 bits per heavy atom. The maximum absolute atomic E-state index is 12.2. The molecule has 0 bridgehead atoms. The van der Waals surface area contributed by atoms with Crippen molar-refractivity contribution in [2.45, 2.75) is 84.2 Å². The van der Waals surface area contributed by atoms with Crippen LogP contribution in [0.2, 0.25) is 0 Å². The number of benzene rings is 2. The average molecular weight is 582 g/mol. The van der Waals surface area contributed by atoms with Crippen LogP contribution in [-0.2, 0) is 29.2 Å². The minimum atomic E-state index is -0.729. The van der Waals surface area contributed by atoms with Crippen molar-refractivity contribution in [2.24, 2.45) is 11.3 Å². The van der Waals surface area contributed by atoms with Crippen molar-refractivity contribution in [3.63, 3.8) is 0 Å². The maximum Gasteiger partial charge on any atom is 0.312 e. The Morgan fingerprint density at radius 2 is 1.86 bits per heavy atom. The fraction of sp³-hybridized carbons (Fsp3) is 0.500. The lowest BCUT2D eigenvalue weighted by Crippen LogP contribution is -2.43. The topological polar surface area (TPSA) is 75.1 Å². The number of aliphatic carboxylic acids is 1. The van der Waals surface area contributed by atoms with E-state index in [0.717, 1.165) is 47.5 Å². The zero-order chi connectivity index (χ0) is 29.7. The van der Waals surface area contributed by atoms with Gasteiger partial charge in [-0.05, 0) is 85.0 Å². The molecule has 2 aliphatic carbocycles. The Morgan fingerprint density at radius 3 is 2.65 bits per heavy atom. The van der Waals surface area contributed by atoms with E-state index in [1.165, 1.54) is 54.4 Å². The second-order valence-electron chi connectivity index (χ2n) is 13.2. The summed E-state index contributed by atoms with van der Waals surface area (Å²) in [4.78, 5) is 22.1. The van der Waals surface area contributed by atoms with Gasteiger partial charge in [0.25, 0.3) is 0 Å². The molecular weight excluding hydrogens is 538 g/mol. The van der Waals surface area contributed by atoms with Crippen molar-refractivity contribution in [1.82, 2.24) is 9.88 Å². The van der Waals surface area contributed by atoms with Gasteiger partial charge in [0, 0.05) is 38.3 Å². The predicted molar refractivity (Wildman–Crippen MR) is 167 cm³/mol. The van der Waals surface area contributed by atoms with Crippen LogP contribution in [0.3, 0.4) is 0 Å². The molecule has 4 aliphatic rings. The highest BCUT2D eigenvalue weighted by atomic mass is 16.5. The lowest BCUT2D eigenvalue weighted by Gasteiger charge is -2.31. The number of hydrogen-bond acceptors (Lipinski definition) is 6. The number of piperidine rings is 1. The highest BCUT2D eigenvalue weighted by molar-refractivity contribution is 5.82. The quantitative estimate of drug-likeness (QED) is 0.308. The van der Waals surface area contributed by atoms with Gasteiger partial charge in [0.05, 0.1) is 23.8 Å². The average Bonchev–Trinajstić information content (AvgIpc) is 3.43. The number of fused-ring (bicyclic) bond motifs is 2. The number of rotatable bonds is 9. The van der Waals surface area contributed by atoms with Crippen LogP contribution >= 0.6 is 0 Å². The van der Waals surface area contributed by atoms with E-state index in [2.05, 4.69) is 47.9 Å². The van der Waals surface area contributed by atoms with Gasteiger partial charge in [0.15, 0.2) is 0 Å². The van der Waals surface area contributed by atoms with Crippen molar-refractivity contribution in [3.8, 4) is 17.0 Å². The highest BCUT2D eigenvalue weighted by Crippen LogP contribution is 2.62. The summed E-state index contributed by atoms with van der Waals surface area (Å²) in [5.41, 5.74) is 7.63. The summed E-state index contributed by atoms with van der Waals surface area (Å²) in [6.45, 7) is 8.00. The summed E-state index contributed by atoms with van der Waals surface area (Å²) in [5, 5.41) is 10.0. The van der Waals surface area contributed by atoms with Gasteiger partial charge in [-0.25, -0.2) is 4.98 Å². The summed E-state index contributed by atoms with van der Waals surface area (Å²) in [5.74, 6) is 1.04. The summed E-state index contributed by atoms with van der Waals surface area (Å²) in [6, 6.07) is 17.3. The SMILES string of the molecule is COC[C@H]1N(c2cccc(-c3cccc(C)c3OCc3cc(C)c4c(c3)CN(C3CCCCC3)C4)n2)C[C@@H]2C[C@@]21C(=O)O. The molecule has 226 valence electrons. The molecule has 0 spiro atoms. The van der Waals surface area contributed by atoms with Crippen LogP contribution in [0.25, 0.3) is 11.3 Å². The Kier molecular flexibility index (Phi) is 7.42. The molecule has 1 saturated heterocycles. The summed E-state index contributed by atoms with van der Waals surface area (Å²) >= 11 is 0. The summed E-state index contributed by atoms with van der Waals surface area (Å²) in [6.07, 6.45) is 7.49. The van der Waals surface area contributed by atoms with E-state index in [1.807, 2.05) is 24.3 Å². The molecule has 7 rings (SSSR count). The first-order chi connectivity index (χ1) is 20.9. The molecule has 0 unspecified atom stereocenters. The number of para-hydroxylation sites is 1. The number of methoxy groups -OCH3 is 1. The van der Waals surface area contributed by atoms with Crippen LogP contribution in [-0.4, -0.2) is 53.3 Å². The molecular formula is C36H43N3O4. The molecule has 3 fully saturated rings. The monoisotopic (exact) mass is 581 g/mol. The highest BCUT2D eigenvalue weighted by Gasteiger charge is 2.71. The number of pyridine rings is 1. The predicted octanol–water partition coefficient (Wildman–Crippen LogP) is 6.52. The second kappa shape index (κ2) is 11.3. The normalized spacial score (nSPS) is 25.0. The van der Waals surface area contributed by atoms with E-state index in [0.29, 0.717) is 26.2 Å². The number of aryl methyl sites for hydroxylation is 2. The minimum absolute atomic E-state index is 0.138. The fourth-order valence-corrected chi connectivity index (χ4v) is 8.22. The molecule has 0 radical (unpaired) electrons. The Balaban J connectivity index is 1.11. The smallest absolute Gasteiger partial charge is 0.312 e. The number of hydrogen-bond donors (Lipinski definition) is 1. The number of nitrogens with zero attached hydrogens (tertiary/aromatic N) is 3. The molecule has 3 atom stereocenters. The van der Waals surface area contributed by atoms with Gasteiger partial charge in [-0.2, -0.15) is 0 Å². The van der Waals surface area contributed by atoms with Crippen LogP contribution in [0.15, 0.2) is 48.5 Å². The molecule has 3 aromatic rings. The summed E-state index contributed by atoms with van der Waals surface area (Å²) < 4.78 is 12.1.